The van der Waals surface area contributed by atoms with Crippen LogP contribution in [0.5, 0.6) is 5.75 Å². The molecular formula is C19H16F3N7O2. The summed E-state index contributed by atoms with van der Waals surface area (Å²) in [6.45, 7) is -1.16. The number of rotatable bonds is 5. The van der Waals surface area contributed by atoms with E-state index in [2.05, 4.69) is 25.5 Å². The minimum atomic E-state index is -4.44. The van der Waals surface area contributed by atoms with E-state index in [0.29, 0.717) is 22.7 Å². The van der Waals surface area contributed by atoms with Crippen molar-refractivity contribution >= 4 is 29.2 Å². The van der Waals surface area contributed by atoms with Crippen LogP contribution in [0.3, 0.4) is 0 Å². The molecule has 0 saturated heterocycles. The van der Waals surface area contributed by atoms with Gasteiger partial charge >= 0.3 is 12.2 Å². The van der Waals surface area contributed by atoms with Crippen LogP contribution in [0.15, 0.2) is 48.9 Å². The second kappa shape index (κ2) is 8.05. The molecule has 2 aromatic heterocycles. The van der Waals surface area contributed by atoms with E-state index >= 15 is 0 Å². The molecule has 0 saturated carbocycles. The minimum Gasteiger partial charge on any atom is -0.497 e. The maximum absolute atomic E-state index is 13.4. The first-order valence-electron chi connectivity index (χ1n) is 9.04. The number of anilines is 4. The number of amides is 2. The summed E-state index contributed by atoms with van der Waals surface area (Å²) < 4.78 is 42.8. The summed E-state index contributed by atoms with van der Waals surface area (Å²) in [5, 5.41) is 9.63. The van der Waals surface area contributed by atoms with Crippen LogP contribution < -0.4 is 19.9 Å². The van der Waals surface area contributed by atoms with Crippen molar-refractivity contribution in [2.45, 2.75) is 12.7 Å². The number of nitrogens with zero attached hydrogens (tertiary/aromatic N) is 6. The highest BCUT2D eigenvalue weighted by atomic mass is 19.4. The fraction of sp³-hybridized carbons (Fsp3) is 0.211. The van der Waals surface area contributed by atoms with E-state index in [1.54, 1.807) is 30.3 Å². The van der Waals surface area contributed by atoms with Crippen LogP contribution >= 0.6 is 0 Å². The monoisotopic (exact) mass is 431 g/mol. The van der Waals surface area contributed by atoms with Gasteiger partial charge in [0.25, 0.3) is 0 Å². The van der Waals surface area contributed by atoms with Gasteiger partial charge in [-0.3, -0.25) is 4.90 Å². The van der Waals surface area contributed by atoms with E-state index in [4.69, 9.17) is 4.74 Å². The van der Waals surface area contributed by atoms with Gasteiger partial charge in [0.2, 0.25) is 5.95 Å². The summed E-state index contributed by atoms with van der Waals surface area (Å²) in [7, 11) is 1.54. The normalized spacial score (nSPS) is 13.7. The van der Waals surface area contributed by atoms with E-state index in [0.717, 1.165) is 0 Å². The van der Waals surface area contributed by atoms with Crippen LogP contribution in [0.25, 0.3) is 0 Å². The van der Waals surface area contributed by atoms with Crippen molar-refractivity contribution in [3.05, 3.63) is 54.5 Å². The van der Waals surface area contributed by atoms with Crippen molar-refractivity contribution in [3.8, 4) is 5.75 Å². The average molecular weight is 431 g/mol. The van der Waals surface area contributed by atoms with Crippen molar-refractivity contribution in [1.29, 1.82) is 0 Å². The number of carbonyl (C=O) groups is 1. The molecule has 1 N–H and O–H groups in total. The topological polar surface area (TPSA) is 96.4 Å². The molecule has 0 unspecified atom stereocenters. The number of fused-ring (bicyclic) bond motifs is 1. The molecule has 0 fully saturated rings. The maximum Gasteiger partial charge on any atom is 0.405 e. The Bertz CT molecular complexity index is 1080. The number of halogens is 3. The lowest BCUT2D eigenvalue weighted by Crippen LogP contribution is -2.45. The van der Waals surface area contributed by atoms with Gasteiger partial charge in [-0.15, -0.1) is 0 Å². The van der Waals surface area contributed by atoms with Gasteiger partial charge in [0, 0.05) is 17.4 Å². The van der Waals surface area contributed by atoms with Crippen LogP contribution in [0, 0.1) is 0 Å². The highest BCUT2D eigenvalue weighted by molar-refractivity contribution is 6.10. The molecule has 0 bridgehead atoms. The largest absolute Gasteiger partial charge is 0.497 e. The van der Waals surface area contributed by atoms with Crippen molar-refractivity contribution in [2.24, 2.45) is 0 Å². The molecule has 0 aliphatic carbocycles. The Hall–Kier alpha value is -3.96. The smallest absolute Gasteiger partial charge is 0.405 e. The molecule has 9 nitrogen and oxygen atoms in total. The van der Waals surface area contributed by atoms with E-state index in [9.17, 15) is 18.0 Å². The molecule has 1 aliphatic rings. The Morgan fingerprint density at radius 1 is 1.10 bits per heavy atom. The number of ether oxygens (including phenoxy) is 1. The molecule has 160 valence electrons. The van der Waals surface area contributed by atoms with Gasteiger partial charge in [-0.1, -0.05) is 0 Å². The van der Waals surface area contributed by atoms with Gasteiger partial charge in [-0.05, 0) is 30.3 Å². The van der Waals surface area contributed by atoms with E-state index in [1.165, 1.54) is 35.5 Å². The molecule has 1 aliphatic heterocycles. The molecule has 3 heterocycles. The van der Waals surface area contributed by atoms with Crippen molar-refractivity contribution in [3.63, 3.8) is 0 Å². The third-order valence-corrected chi connectivity index (χ3v) is 4.46. The number of nitrogens with one attached hydrogen (secondary N) is 1. The molecule has 3 aromatic rings. The second-order valence-corrected chi connectivity index (χ2v) is 6.51. The number of alkyl halides is 3. The van der Waals surface area contributed by atoms with E-state index < -0.39 is 18.8 Å². The predicted molar refractivity (Wildman–Crippen MR) is 105 cm³/mol. The lowest BCUT2D eigenvalue weighted by atomic mass is 10.1. The van der Waals surface area contributed by atoms with Crippen molar-refractivity contribution in [2.75, 3.05) is 28.8 Å². The van der Waals surface area contributed by atoms with Crippen LogP contribution in [0.4, 0.5) is 41.1 Å². The lowest BCUT2D eigenvalue weighted by Gasteiger charge is -2.35. The number of carbonyl (C=O) groups excluding carboxylic acids is 1. The highest BCUT2D eigenvalue weighted by Gasteiger charge is 2.35. The second-order valence-electron chi connectivity index (χ2n) is 6.51. The first kappa shape index (κ1) is 20.3. The maximum atomic E-state index is 13.4. The van der Waals surface area contributed by atoms with Gasteiger partial charge in [0.05, 0.1) is 31.7 Å². The summed E-state index contributed by atoms with van der Waals surface area (Å²) >= 11 is 0. The number of benzene rings is 1. The Morgan fingerprint density at radius 2 is 1.87 bits per heavy atom. The Morgan fingerprint density at radius 3 is 2.52 bits per heavy atom. The highest BCUT2D eigenvalue weighted by Crippen LogP contribution is 2.36. The molecule has 0 spiro atoms. The molecule has 1 aromatic carbocycles. The molecule has 0 atom stereocenters. The van der Waals surface area contributed by atoms with Gasteiger partial charge in [0.15, 0.2) is 5.82 Å². The molecular weight excluding hydrogens is 415 g/mol. The number of urea groups is 1. The van der Waals surface area contributed by atoms with Crippen LogP contribution in [0.2, 0.25) is 0 Å². The van der Waals surface area contributed by atoms with Crippen LogP contribution in [-0.2, 0) is 6.54 Å². The Labute approximate surface area is 174 Å². The van der Waals surface area contributed by atoms with Crippen molar-refractivity contribution in [1.82, 2.24) is 20.2 Å². The molecule has 2 amide bonds. The van der Waals surface area contributed by atoms with Crippen LogP contribution in [-0.4, -0.2) is 46.0 Å². The number of hydrogen-bond acceptors (Lipinski definition) is 7. The molecule has 0 radical (unpaired) electrons. The third kappa shape index (κ3) is 4.32. The molecule has 4 rings (SSSR count). The van der Waals surface area contributed by atoms with Gasteiger partial charge in [-0.2, -0.15) is 28.4 Å². The average Bonchev–Trinajstić information content (AvgIpc) is 2.77. The standard InChI is InChI=1S/C19H16F3N7O2/c1-31-15-4-2-13(3-5-15)28-10-12-8-23-17(24-11-19(20,21)22)27-16(12)29(18(28)30)14-6-7-25-26-9-14/h2-9H,10-11H2,1H3,(H,23,24,27). The zero-order chi connectivity index (χ0) is 22.0. The predicted octanol–water partition coefficient (Wildman–Crippen LogP) is 3.53. The first-order chi connectivity index (χ1) is 14.9. The quantitative estimate of drug-likeness (QED) is 0.660. The fourth-order valence-electron chi connectivity index (χ4n) is 3.03. The van der Waals surface area contributed by atoms with Gasteiger partial charge in [-0.25, -0.2) is 14.7 Å². The van der Waals surface area contributed by atoms with Crippen molar-refractivity contribution < 1.29 is 22.7 Å². The van der Waals surface area contributed by atoms with Gasteiger partial charge < -0.3 is 10.1 Å². The number of hydrogen-bond donors (Lipinski definition) is 1. The summed E-state index contributed by atoms with van der Waals surface area (Å²) in [6.07, 6.45) is -0.274. The van der Waals surface area contributed by atoms with Gasteiger partial charge in [0.1, 0.15) is 12.3 Å². The summed E-state index contributed by atoms with van der Waals surface area (Å²) in [4.78, 5) is 24.3. The third-order valence-electron chi connectivity index (χ3n) is 4.46. The fourth-order valence-corrected chi connectivity index (χ4v) is 3.03. The lowest BCUT2D eigenvalue weighted by molar-refractivity contribution is -0.115. The number of methoxy groups -OCH3 is 1. The summed E-state index contributed by atoms with van der Waals surface area (Å²) in [5.41, 5.74) is 1.51. The molecule has 31 heavy (non-hydrogen) atoms. The van der Waals surface area contributed by atoms with E-state index in [1.807, 2.05) is 0 Å². The minimum absolute atomic E-state index is 0.134. The number of aromatic nitrogens is 4. The molecule has 12 heteroatoms. The summed E-state index contributed by atoms with van der Waals surface area (Å²) in [6, 6.07) is 7.99. The van der Waals surface area contributed by atoms with Crippen LogP contribution in [0.1, 0.15) is 5.56 Å². The first-order valence-corrected chi connectivity index (χ1v) is 9.04. The SMILES string of the molecule is COc1ccc(N2Cc3cnc(NCC(F)(F)F)nc3N(c3ccnnc3)C2=O)cc1. The Kier molecular flexibility index (Phi) is 5.28. The summed E-state index contributed by atoms with van der Waals surface area (Å²) in [5.74, 6) is 0.559. The Balaban J connectivity index is 1.74. The van der Waals surface area contributed by atoms with E-state index in [-0.39, 0.29) is 18.3 Å². The zero-order valence-corrected chi connectivity index (χ0v) is 16.2. The zero-order valence-electron chi connectivity index (χ0n) is 16.2.